The molecule has 88 valence electrons. The van der Waals surface area contributed by atoms with Crippen LogP contribution in [0.25, 0.3) is 0 Å². The number of carbonyl (C=O) groups excluding carboxylic acids is 1. The molecule has 0 radical (unpaired) electrons. The fraction of sp³-hybridized carbons (Fsp3) is 0.462. The molecule has 0 saturated carbocycles. The number of hydrogen-bond donors (Lipinski definition) is 2. The van der Waals surface area contributed by atoms with E-state index in [2.05, 4.69) is 5.32 Å². The van der Waals surface area contributed by atoms with Gasteiger partial charge in [0, 0.05) is 12.6 Å². The monoisotopic (exact) mass is 220 g/mol. The van der Waals surface area contributed by atoms with Gasteiger partial charge in [-0.1, -0.05) is 37.3 Å². The van der Waals surface area contributed by atoms with Crippen molar-refractivity contribution in [3.8, 4) is 0 Å². The van der Waals surface area contributed by atoms with Gasteiger partial charge in [0.2, 0.25) is 5.91 Å². The van der Waals surface area contributed by atoms with E-state index in [-0.39, 0.29) is 17.9 Å². The lowest BCUT2D eigenvalue weighted by Crippen LogP contribution is -2.40. The Balaban J connectivity index is 2.71. The molecule has 0 saturated heterocycles. The minimum atomic E-state index is -0.0739. The van der Waals surface area contributed by atoms with Crippen LogP contribution in [-0.2, 0) is 4.79 Å². The number of hydrogen-bond acceptors (Lipinski definition) is 2. The summed E-state index contributed by atoms with van der Waals surface area (Å²) in [6, 6.07) is 9.87. The Kier molecular flexibility index (Phi) is 4.99. The Labute approximate surface area is 97.0 Å². The fourth-order valence-corrected chi connectivity index (χ4v) is 1.66. The maximum atomic E-state index is 12.0. The summed E-state index contributed by atoms with van der Waals surface area (Å²) in [5, 5.41) is 2.92. The number of amides is 1. The zero-order chi connectivity index (χ0) is 12.0. The first-order chi connectivity index (χ1) is 7.69. The first kappa shape index (κ1) is 12.7. The quantitative estimate of drug-likeness (QED) is 0.792. The van der Waals surface area contributed by atoms with Gasteiger partial charge >= 0.3 is 0 Å². The molecule has 0 bridgehead atoms. The first-order valence-electron chi connectivity index (χ1n) is 5.74. The van der Waals surface area contributed by atoms with Crippen LogP contribution >= 0.6 is 0 Å². The molecule has 1 rings (SSSR count). The van der Waals surface area contributed by atoms with Crippen molar-refractivity contribution in [2.75, 3.05) is 6.54 Å². The van der Waals surface area contributed by atoms with Crippen molar-refractivity contribution in [1.82, 2.24) is 5.32 Å². The van der Waals surface area contributed by atoms with Crippen LogP contribution in [0.2, 0.25) is 0 Å². The maximum absolute atomic E-state index is 12.0. The smallest absolute Gasteiger partial charge is 0.227 e. The normalized spacial score (nSPS) is 14.2. The average Bonchev–Trinajstić information content (AvgIpc) is 2.31. The Bertz CT molecular complexity index is 324. The minimum absolute atomic E-state index is 0.0327. The lowest BCUT2D eigenvalue weighted by Gasteiger charge is -2.18. The third-order valence-electron chi connectivity index (χ3n) is 2.67. The van der Waals surface area contributed by atoms with Crippen molar-refractivity contribution in [1.29, 1.82) is 0 Å². The zero-order valence-corrected chi connectivity index (χ0v) is 9.94. The molecule has 0 aromatic heterocycles. The molecule has 16 heavy (non-hydrogen) atoms. The van der Waals surface area contributed by atoms with E-state index in [9.17, 15) is 4.79 Å². The summed E-state index contributed by atoms with van der Waals surface area (Å²) in [5.74, 6) is -0.0122. The largest absolute Gasteiger partial charge is 0.352 e. The van der Waals surface area contributed by atoms with Crippen molar-refractivity contribution >= 4 is 5.91 Å². The van der Waals surface area contributed by atoms with Gasteiger partial charge in [-0.05, 0) is 18.9 Å². The zero-order valence-electron chi connectivity index (χ0n) is 9.94. The van der Waals surface area contributed by atoms with Gasteiger partial charge in [-0.2, -0.15) is 0 Å². The number of nitrogens with two attached hydrogens (primary N) is 1. The highest BCUT2D eigenvalue weighted by molar-refractivity contribution is 5.83. The van der Waals surface area contributed by atoms with E-state index in [1.165, 1.54) is 0 Å². The predicted octanol–water partition coefficient (Wildman–Crippen LogP) is 1.64. The molecule has 0 aliphatic heterocycles. The fourth-order valence-electron chi connectivity index (χ4n) is 1.66. The van der Waals surface area contributed by atoms with Gasteiger partial charge in [0.1, 0.15) is 0 Å². The SMILES string of the molecule is CCC(C(=O)N[C@@H](C)CN)c1ccccc1. The lowest BCUT2D eigenvalue weighted by molar-refractivity contribution is -0.123. The van der Waals surface area contributed by atoms with Crippen LogP contribution < -0.4 is 11.1 Å². The molecule has 0 spiro atoms. The highest BCUT2D eigenvalue weighted by Gasteiger charge is 2.19. The molecule has 1 aromatic carbocycles. The summed E-state index contributed by atoms with van der Waals surface area (Å²) in [5.41, 5.74) is 6.55. The maximum Gasteiger partial charge on any atom is 0.227 e. The number of nitrogens with one attached hydrogen (secondary N) is 1. The molecular weight excluding hydrogens is 200 g/mol. The van der Waals surface area contributed by atoms with Crippen molar-refractivity contribution in [3.05, 3.63) is 35.9 Å². The third kappa shape index (κ3) is 3.35. The molecule has 0 aliphatic carbocycles. The molecule has 3 heteroatoms. The molecule has 2 atom stereocenters. The molecule has 1 aromatic rings. The van der Waals surface area contributed by atoms with Crippen molar-refractivity contribution in [2.24, 2.45) is 5.73 Å². The minimum Gasteiger partial charge on any atom is -0.352 e. The summed E-state index contributed by atoms with van der Waals surface area (Å²) in [6.45, 7) is 4.40. The standard InChI is InChI=1S/C13H20N2O/c1-3-12(11-7-5-4-6-8-11)13(16)15-10(2)9-14/h4-8,10,12H,3,9,14H2,1-2H3,(H,15,16)/t10-,12?/m0/s1. The summed E-state index contributed by atoms with van der Waals surface area (Å²) in [6.07, 6.45) is 0.799. The van der Waals surface area contributed by atoms with E-state index < -0.39 is 0 Å². The second-order valence-electron chi connectivity index (χ2n) is 4.02. The first-order valence-corrected chi connectivity index (χ1v) is 5.74. The summed E-state index contributed by atoms with van der Waals surface area (Å²) < 4.78 is 0. The molecule has 3 nitrogen and oxygen atoms in total. The summed E-state index contributed by atoms with van der Waals surface area (Å²) in [4.78, 5) is 12.0. The van der Waals surface area contributed by atoms with E-state index >= 15 is 0 Å². The summed E-state index contributed by atoms with van der Waals surface area (Å²) in [7, 11) is 0. The molecule has 1 amide bonds. The van der Waals surface area contributed by atoms with Crippen LogP contribution in [0.15, 0.2) is 30.3 Å². The number of rotatable bonds is 5. The van der Waals surface area contributed by atoms with Crippen molar-refractivity contribution in [2.45, 2.75) is 32.2 Å². The topological polar surface area (TPSA) is 55.1 Å². The van der Waals surface area contributed by atoms with Gasteiger partial charge in [-0.15, -0.1) is 0 Å². The van der Waals surface area contributed by atoms with Crippen molar-refractivity contribution < 1.29 is 4.79 Å². The van der Waals surface area contributed by atoms with Gasteiger partial charge < -0.3 is 11.1 Å². The number of benzene rings is 1. The molecule has 1 unspecified atom stereocenters. The Hall–Kier alpha value is -1.35. The van der Waals surface area contributed by atoms with Crippen LogP contribution in [-0.4, -0.2) is 18.5 Å². The predicted molar refractivity (Wildman–Crippen MR) is 66.1 cm³/mol. The third-order valence-corrected chi connectivity index (χ3v) is 2.67. The van der Waals surface area contributed by atoms with Crippen LogP contribution in [0.4, 0.5) is 0 Å². The highest BCUT2D eigenvalue weighted by atomic mass is 16.1. The van der Waals surface area contributed by atoms with Crippen LogP contribution in [0, 0.1) is 0 Å². The Morgan fingerprint density at radius 3 is 2.50 bits per heavy atom. The van der Waals surface area contributed by atoms with E-state index in [4.69, 9.17) is 5.73 Å². The van der Waals surface area contributed by atoms with Crippen molar-refractivity contribution in [3.63, 3.8) is 0 Å². The number of carbonyl (C=O) groups is 1. The van der Waals surface area contributed by atoms with E-state index in [0.717, 1.165) is 12.0 Å². The van der Waals surface area contributed by atoms with Gasteiger partial charge in [0.15, 0.2) is 0 Å². The van der Waals surface area contributed by atoms with Gasteiger partial charge in [0.25, 0.3) is 0 Å². The average molecular weight is 220 g/mol. The van der Waals surface area contributed by atoms with E-state index in [0.29, 0.717) is 6.54 Å². The Morgan fingerprint density at radius 1 is 1.38 bits per heavy atom. The second-order valence-corrected chi connectivity index (χ2v) is 4.02. The summed E-state index contributed by atoms with van der Waals surface area (Å²) >= 11 is 0. The highest BCUT2D eigenvalue weighted by Crippen LogP contribution is 2.19. The molecular formula is C13H20N2O. The Morgan fingerprint density at radius 2 is 2.00 bits per heavy atom. The van der Waals surface area contributed by atoms with Crippen LogP contribution in [0.1, 0.15) is 31.7 Å². The van der Waals surface area contributed by atoms with Crippen LogP contribution in [0.3, 0.4) is 0 Å². The molecule has 0 aliphatic rings. The second kappa shape index (κ2) is 6.28. The molecule has 3 N–H and O–H groups in total. The van der Waals surface area contributed by atoms with Gasteiger partial charge in [-0.25, -0.2) is 0 Å². The van der Waals surface area contributed by atoms with E-state index in [1.54, 1.807) is 0 Å². The van der Waals surface area contributed by atoms with Crippen LogP contribution in [0.5, 0.6) is 0 Å². The van der Waals surface area contributed by atoms with Gasteiger partial charge in [0.05, 0.1) is 5.92 Å². The molecule has 0 fully saturated rings. The van der Waals surface area contributed by atoms with E-state index in [1.807, 2.05) is 44.2 Å². The van der Waals surface area contributed by atoms with Gasteiger partial charge in [-0.3, -0.25) is 4.79 Å². The molecule has 0 heterocycles. The lowest BCUT2D eigenvalue weighted by atomic mass is 9.95.